The number of halogens is 2. The zero-order chi connectivity index (χ0) is 20.1. The van der Waals surface area contributed by atoms with Crippen molar-refractivity contribution in [1.29, 1.82) is 0 Å². The number of aromatic nitrogens is 4. The van der Waals surface area contributed by atoms with Crippen molar-refractivity contribution < 1.29 is 4.39 Å². The molecule has 0 unspecified atom stereocenters. The average molecular weight is 402 g/mol. The minimum Gasteiger partial charge on any atom is -0.369 e. The van der Waals surface area contributed by atoms with Gasteiger partial charge in [0.25, 0.3) is 0 Å². The molecular weight excluding hydrogens is 381 g/mol. The second kappa shape index (κ2) is 8.90. The molecular formula is C19H21ClFN7. The normalized spacial score (nSPS) is 11.0. The van der Waals surface area contributed by atoms with Crippen LogP contribution in [0, 0.1) is 5.82 Å². The molecule has 3 N–H and O–H groups in total. The van der Waals surface area contributed by atoms with Crippen molar-refractivity contribution in [3.05, 3.63) is 47.8 Å². The van der Waals surface area contributed by atoms with E-state index in [0.29, 0.717) is 34.7 Å². The maximum atomic E-state index is 13.6. The van der Waals surface area contributed by atoms with Crippen LogP contribution in [0.5, 0.6) is 0 Å². The smallest absolute Gasteiger partial charge is 0.222 e. The third-order valence-electron chi connectivity index (χ3n) is 4.04. The van der Waals surface area contributed by atoms with Crippen LogP contribution >= 0.6 is 11.6 Å². The van der Waals surface area contributed by atoms with Gasteiger partial charge in [-0.25, -0.2) is 19.3 Å². The minimum absolute atomic E-state index is 0.00503. The number of rotatable bonds is 7. The molecule has 3 aromatic rings. The predicted molar refractivity (Wildman–Crippen MR) is 110 cm³/mol. The molecule has 7 nitrogen and oxygen atoms in total. The van der Waals surface area contributed by atoms with Crippen molar-refractivity contribution in [2.45, 2.75) is 6.42 Å². The molecule has 9 heteroatoms. The highest BCUT2D eigenvalue weighted by Gasteiger charge is 2.18. The Morgan fingerprint density at radius 2 is 1.89 bits per heavy atom. The Labute approximate surface area is 167 Å². The third-order valence-corrected chi connectivity index (χ3v) is 4.33. The molecule has 3 rings (SSSR count). The van der Waals surface area contributed by atoms with Gasteiger partial charge in [-0.05, 0) is 45.3 Å². The standard InChI is InChI=1S/C19H21ClFN7/c1-28(2)7-3-6-25-18-16(13-9-23-11-24-10-13)17(26-19(22)27-18)12-4-5-15(21)14(20)8-12/h4-5,8-11H,3,6-7H2,1-2H3,(H3,22,25,26,27). The van der Waals surface area contributed by atoms with Gasteiger partial charge in [0.15, 0.2) is 0 Å². The molecule has 0 aliphatic heterocycles. The fraction of sp³-hybridized carbons (Fsp3) is 0.263. The number of nitrogen functional groups attached to an aromatic ring is 1. The maximum absolute atomic E-state index is 13.6. The van der Waals surface area contributed by atoms with Crippen LogP contribution in [0.2, 0.25) is 5.02 Å². The molecule has 0 atom stereocenters. The lowest BCUT2D eigenvalue weighted by molar-refractivity contribution is 0.405. The SMILES string of the molecule is CN(C)CCCNc1nc(N)nc(-c2ccc(F)c(Cl)c2)c1-c1cncnc1. The molecule has 28 heavy (non-hydrogen) atoms. The van der Waals surface area contributed by atoms with E-state index in [2.05, 4.69) is 30.2 Å². The lowest BCUT2D eigenvalue weighted by Crippen LogP contribution is -2.17. The van der Waals surface area contributed by atoms with Crippen LogP contribution in [0.3, 0.4) is 0 Å². The van der Waals surface area contributed by atoms with Gasteiger partial charge in [0.2, 0.25) is 5.95 Å². The van der Waals surface area contributed by atoms with E-state index in [1.165, 1.54) is 18.5 Å². The summed E-state index contributed by atoms with van der Waals surface area (Å²) in [6, 6.07) is 4.42. The number of nitrogens with two attached hydrogens (primary N) is 1. The number of nitrogens with zero attached hydrogens (tertiary/aromatic N) is 5. The lowest BCUT2D eigenvalue weighted by atomic mass is 10.0. The van der Waals surface area contributed by atoms with Gasteiger partial charge >= 0.3 is 0 Å². The highest BCUT2D eigenvalue weighted by atomic mass is 35.5. The molecule has 146 valence electrons. The van der Waals surface area contributed by atoms with E-state index in [-0.39, 0.29) is 11.0 Å². The van der Waals surface area contributed by atoms with Crippen molar-refractivity contribution in [2.75, 3.05) is 38.2 Å². The van der Waals surface area contributed by atoms with Crippen LogP contribution in [0.15, 0.2) is 36.9 Å². The van der Waals surface area contributed by atoms with E-state index >= 15 is 0 Å². The largest absolute Gasteiger partial charge is 0.369 e. The Balaban J connectivity index is 2.08. The summed E-state index contributed by atoms with van der Waals surface area (Å²) < 4.78 is 13.6. The quantitative estimate of drug-likeness (QED) is 0.586. The first-order valence-electron chi connectivity index (χ1n) is 8.72. The third kappa shape index (κ3) is 4.71. The van der Waals surface area contributed by atoms with Crippen molar-refractivity contribution in [2.24, 2.45) is 0 Å². The fourth-order valence-electron chi connectivity index (χ4n) is 2.76. The van der Waals surface area contributed by atoms with Gasteiger partial charge in [-0.15, -0.1) is 0 Å². The van der Waals surface area contributed by atoms with Crippen LogP contribution < -0.4 is 11.1 Å². The molecule has 0 spiro atoms. The van der Waals surface area contributed by atoms with E-state index in [0.717, 1.165) is 13.0 Å². The van der Waals surface area contributed by atoms with E-state index in [4.69, 9.17) is 17.3 Å². The molecule has 0 saturated heterocycles. The first-order valence-corrected chi connectivity index (χ1v) is 9.10. The van der Waals surface area contributed by atoms with Crippen LogP contribution in [0.1, 0.15) is 6.42 Å². The summed E-state index contributed by atoms with van der Waals surface area (Å²) in [7, 11) is 4.04. The van der Waals surface area contributed by atoms with Crippen LogP contribution in [-0.4, -0.2) is 52.0 Å². The molecule has 1 aromatic carbocycles. The maximum Gasteiger partial charge on any atom is 0.222 e. The number of nitrogens with one attached hydrogen (secondary N) is 1. The van der Waals surface area contributed by atoms with E-state index in [1.807, 2.05) is 14.1 Å². The molecule has 2 aromatic heterocycles. The van der Waals surface area contributed by atoms with Gasteiger partial charge < -0.3 is 16.0 Å². The minimum atomic E-state index is -0.501. The Bertz CT molecular complexity index is 951. The summed E-state index contributed by atoms with van der Waals surface area (Å²) >= 11 is 5.98. The van der Waals surface area contributed by atoms with Crippen molar-refractivity contribution in [3.63, 3.8) is 0 Å². The molecule has 0 radical (unpaired) electrons. The summed E-state index contributed by atoms with van der Waals surface area (Å²) in [5.74, 6) is 0.168. The van der Waals surface area contributed by atoms with Gasteiger partial charge in [0.05, 0.1) is 16.3 Å². The highest BCUT2D eigenvalue weighted by Crippen LogP contribution is 2.36. The van der Waals surface area contributed by atoms with E-state index in [1.54, 1.807) is 18.5 Å². The molecule has 2 heterocycles. The molecule has 0 aliphatic carbocycles. The van der Waals surface area contributed by atoms with Gasteiger partial charge in [0, 0.05) is 30.1 Å². The van der Waals surface area contributed by atoms with Gasteiger partial charge in [-0.1, -0.05) is 11.6 Å². The number of benzene rings is 1. The zero-order valence-electron chi connectivity index (χ0n) is 15.7. The summed E-state index contributed by atoms with van der Waals surface area (Å²) in [6.07, 6.45) is 5.70. The summed E-state index contributed by atoms with van der Waals surface area (Å²) in [4.78, 5) is 19.1. The zero-order valence-corrected chi connectivity index (χ0v) is 16.4. The Hall–Kier alpha value is -2.84. The number of hydrogen-bond acceptors (Lipinski definition) is 7. The van der Waals surface area contributed by atoms with Crippen molar-refractivity contribution >= 4 is 23.4 Å². The topological polar surface area (TPSA) is 92.8 Å². The van der Waals surface area contributed by atoms with Crippen LogP contribution in [0.4, 0.5) is 16.2 Å². The average Bonchev–Trinajstić information content (AvgIpc) is 2.67. The van der Waals surface area contributed by atoms with Crippen molar-refractivity contribution in [1.82, 2.24) is 24.8 Å². The second-order valence-electron chi connectivity index (χ2n) is 6.49. The van der Waals surface area contributed by atoms with Gasteiger partial charge in [0.1, 0.15) is 18.0 Å². The predicted octanol–water partition coefficient (Wildman–Crippen LogP) is 3.34. The Morgan fingerprint density at radius 3 is 2.57 bits per heavy atom. The van der Waals surface area contributed by atoms with E-state index < -0.39 is 5.82 Å². The van der Waals surface area contributed by atoms with E-state index in [9.17, 15) is 4.39 Å². The molecule has 0 aliphatic rings. The lowest BCUT2D eigenvalue weighted by Gasteiger charge is -2.16. The highest BCUT2D eigenvalue weighted by molar-refractivity contribution is 6.31. The van der Waals surface area contributed by atoms with Crippen LogP contribution in [-0.2, 0) is 0 Å². The molecule has 0 amide bonds. The first-order chi connectivity index (χ1) is 13.5. The fourth-order valence-corrected chi connectivity index (χ4v) is 2.94. The van der Waals surface area contributed by atoms with Crippen molar-refractivity contribution in [3.8, 4) is 22.4 Å². The monoisotopic (exact) mass is 401 g/mol. The Morgan fingerprint density at radius 1 is 1.14 bits per heavy atom. The van der Waals surface area contributed by atoms with Gasteiger partial charge in [-0.2, -0.15) is 4.98 Å². The number of hydrogen-bond donors (Lipinski definition) is 2. The van der Waals surface area contributed by atoms with Crippen LogP contribution in [0.25, 0.3) is 22.4 Å². The molecule has 0 saturated carbocycles. The molecule has 0 fully saturated rings. The first kappa shape index (κ1) is 19.9. The Kier molecular flexibility index (Phi) is 6.33. The number of anilines is 2. The second-order valence-corrected chi connectivity index (χ2v) is 6.90. The summed E-state index contributed by atoms with van der Waals surface area (Å²) in [6.45, 7) is 1.62. The molecule has 0 bridgehead atoms. The summed E-state index contributed by atoms with van der Waals surface area (Å²) in [5.41, 5.74) is 8.50. The van der Waals surface area contributed by atoms with Gasteiger partial charge in [-0.3, -0.25) is 0 Å². The summed E-state index contributed by atoms with van der Waals surface area (Å²) in [5, 5.41) is 3.33.